The second-order valence-corrected chi connectivity index (χ2v) is 8.09. The van der Waals surface area contributed by atoms with Crippen LogP contribution in [0.5, 0.6) is 0 Å². The van der Waals surface area contributed by atoms with E-state index in [1.807, 2.05) is 6.92 Å². The number of thioether (sulfide) groups is 1. The van der Waals surface area contributed by atoms with Gasteiger partial charge in [0.25, 0.3) is 5.56 Å². The van der Waals surface area contributed by atoms with Crippen LogP contribution < -0.4 is 17.0 Å². The second kappa shape index (κ2) is 6.76. The molecule has 0 spiro atoms. The number of H-pyrrole nitrogens is 1. The van der Waals surface area contributed by atoms with Crippen LogP contribution in [0.15, 0.2) is 38.9 Å². The third-order valence-corrected chi connectivity index (χ3v) is 5.11. The molecule has 2 rings (SSSR count). The normalized spacial score (nSPS) is 11.7. The summed E-state index contributed by atoms with van der Waals surface area (Å²) < 4.78 is 1.42. The number of hydrogen-bond donors (Lipinski definition) is 2. The summed E-state index contributed by atoms with van der Waals surface area (Å²) in [6.07, 6.45) is 1.53. The van der Waals surface area contributed by atoms with Crippen molar-refractivity contribution in [3.63, 3.8) is 0 Å². The summed E-state index contributed by atoms with van der Waals surface area (Å²) in [6, 6.07) is 5.58. The number of benzene rings is 1. The Morgan fingerprint density at radius 3 is 2.57 bits per heavy atom. The van der Waals surface area contributed by atoms with Crippen LogP contribution in [-0.4, -0.2) is 20.8 Å². The molecule has 0 bridgehead atoms. The molecular weight excluding hydrogens is 310 g/mol. The molecule has 3 N–H and O–H groups in total. The standard InChI is InChI=1S/C17H23N3O2S/c1-11-7-12(2)15(23-17(3,4)10-18)13(8-11)9-20-6-5-14(21)19-16(20)22/h5-8H,9-10,18H2,1-4H3,(H,19,21,22). The lowest BCUT2D eigenvalue weighted by Crippen LogP contribution is -2.29. The molecule has 0 atom stereocenters. The van der Waals surface area contributed by atoms with Crippen LogP contribution >= 0.6 is 11.8 Å². The molecule has 5 nitrogen and oxygen atoms in total. The number of aryl methyl sites for hydroxylation is 2. The topological polar surface area (TPSA) is 80.9 Å². The molecule has 1 aromatic heterocycles. The van der Waals surface area contributed by atoms with E-state index < -0.39 is 5.69 Å². The highest BCUT2D eigenvalue weighted by Crippen LogP contribution is 2.37. The van der Waals surface area contributed by atoms with Gasteiger partial charge in [0, 0.05) is 28.5 Å². The molecular formula is C17H23N3O2S. The van der Waals surface area contributed by atoms with Crippen LogP contribution in [0.4, 0.5) is 0 Å². The highest BCUT2D eigenvalue weighted by molar-refractivity contribution is 8.00. The molecule has 0 unspecified atom stereocenters. The maximum atomic E-state index is 11.9. The van der Waals surface area contributed by atoms with E-state index in [9.17, 15) is 9.59 Å². The monoisotopic (exact) mass is 333 g/mol. The zero-order chi connectivity index (χ0) is 17.2. The number of nitrogens with one attached hydrogen (secondary N) is 1. The molecule has 0 saturated heterocycles. The predicted octanol–water partition coefficient (Wildman–Crippen LogP) is 2.03. The van der Waals surface area contributed by atoms with Gasteiger partial charge in [-0.3, -0.25) is 14.3 Å². The fourth-order valence-electron chi connectivity index (χ4n) is 2.38. The predicted molar refractivity (Wildman–Crippen MR) is 95.3 cm³/mol. The van der Waals surface area contributed by atoms with Crippen LogP contribution in [0, 0.1) is 13.8 Å². The van der Waals surface area contributed by atoms with Gasteiger partial charge in [-0.25, -0.2) is 4.79 Å². The lowest BCUT2D eigenvalue weighted by atomic mass is 10.1. The van der Waals surface area contributed by atoms with Crippen molar-refractivity contribution in [1.82, 2.24) is 9.55 Å². The van der Waals surface area contributed by atoms with Gasteiger partial charge < -0.3 is 5.73 Å². The fourth-order valence-corrected chi connectivity index (χ4v) is 3.49. The third kappa shape index (κ3) is 4.36. The summed E-state index contributed by atoms with van der Waals surface area (Å²) in [6.45, 7) is 9.29. The zero-order valence-electron chi connectivity index (χ0n) is 14.0. The number of aromatic nitrogens is 2. The lowest BCUT2D eigenvalue weighted by molar-refractivity contribution is 0.702. The van der Waals surface area contributed by atoms with Crippen LogP contribution in [0.2, 0.25) is 0 Å². The van der Waals surface area contributed by atoms with Crippen molar-refractivity contribution in [3.05, 3.63) is 61.9 Å². The first-order valence-electron chi connectivity index (χ1n) is 7.51. The third-order valence-electron chi connectivity index (χ3n) is 3.60. The van der Waals surface area contributed by atoms with Gasteiger partial charge in [-0.2, -0.15) is 0 Å². The maximum absolute atomic E-state index is 11.9. The Kier molecular flexibility index (Phi) is 5.16. The van der Waals surface area contributed by atoms with Gasteiger partial charge in [0.1, 0.15) is 0 Å². The van der Waals surface area contributed by atoms with Gasteiger partial charge in [0.15, 0.2) is 0 Å². The van der Waals surface area contributed by atoms with Gasteiger partial charge >= 0.3 is 5.69 Å². The molecule has 124 valence electrons. The molecule has 2 aromatic rings. The molecule has 0 amide bonds. The Bertz CT molecular complexity index is 821. The van der Waals surface area contributed by atoms with E-state index in [0.717, 1.165) is 16.0 Å². The average Bonchev–Trinajstić information content (AvgIpc) is 2.45. The summed E-state index contributed by atoms with van der Waals surface area (Å²) >= 11 is 1.72. The average molecular weight is 333 g/mol. The number of nitrogens with zero attached hydrogens (tertiary/aromatic N) is 1. The van der Waals surface area contributed by atoms with Crippen LogP contribution in [0.3, 0.4) is 0 Å². The Morgan fingerprint density at radius 1 is 1.26 bits per heavy atom. The minimum atomic E-state index is -0.398. The van der Waals surface area contributed by atoms with Gasteiger partial charge in [0.05, 0.1) is 6.54 Å². The van der Waals surface area contributed by atoms with E-state index in [0.29, 0.717) is 13.1 Å². The highest BCUT2D eigenvalue weighted by atomic mass is 32.2. The van der Waals surface area contributed by atoms with Crippen molar-refractivity contribution in [2.24, 2.45) is 5.73 Å². The van der Waals surface area contributed by atoms with E-state index in [4.69, 9.17) is 5.73 Å². The smallest absolute Gasteiger partial charge is 0.328 e. The molecule has 0 aliphatic rings. The van der Waals surface area contributed by atoms with E-state index in [1.165, 1.54) is 22.4 Å². The first kappa shape index (κ1) is 17.6. The van der Waals surface area contributed by atoms with Crippen molar-refractivity contribution in [1.29, 1.82) is 0 Å². The van der Waals surface area contributed by atoms with Crippen molar-refractivity contribution in [2.45, 2.75) is 43.9 Å². The number of aromatic amines is 1. The molecule has 0 fully saturated rings. The summed E-state index contributed by atoms with van der Waals surface area (Å²) in [5.74, 6) is 0. The van der Waals surface area contributed by atoms with E-state index in [-0.39, 0.29) is 10.3 Å². The summed E-state index contributed by atoms with van der Waals surface area (Å²) in [5.41, 5.74) is 8.45. The van der Waals surface area contributed by atoms with Crippen molar-refractivity contribution < 1.29 is 0 Å². The Labute approximate surface area is 139 Å². The molecule has 0 aliphatic carbocycles. The summed E-state index contributed by atoms with van der Waals surface area (Å²) in [7, 11) is 0. The summed E-state index contributed by atoms with van der Waals surface area (Å²) in [5, 5.41) is 0. The molecule has 0 aliphatic heterocycles. The second-order valence-electron chi connectivity index (χ2n) is 6.37. The summed E-state index contributed by atoms with van der Waals surface area (Å²) in [4.78, 5) is 26.6. The van der Waals surface area contributed by atoms with E-state index in [1.54, 1.807) is 11.8 Å². The van der Waals surface area contributed by atoms with Gasteiger partial charge in [-0.05, 0) is 38.8 Å². The Hall–Kier alpha value is -1.79. The number of nitrogens with two attached hydrogens (primary N) is 1. The molecule has 1 heterocycles. The molecule has 23 heavy (non-hydrogen) atoms. The molecule has 0 radical (unpaired) electrons. The van der Waals surface area contributed by atoms with Crippen molar-refractivity contribution in [3.8, 4) is 0 Å². The van der Waals surface area contributed by atoms with Crippen LogP contribution in [0.1, 0.15) is 30.5 Å². The minimum Gasteiger partial charge on any atom is -0.329 e. The Balaban J connectivity index is 2.48. The van der Waals surface area contributed by atoms with Gasteiger partial charge in [0.2, 0.25) is 0 Å². The van der Waals surface area contributed by atoms with Gasteiger partial charge in [-0.1, -0.05) is 17.7 Å². The van der Waals surface area contributed by atoms with E-state index >= 15 is 0 Å². The number of rotatable bonds is 5. The lowest BCUT2D eigenvalue weighted by Gasteiger charge is -2.25. The molecule has 0 saturated carbocycles. The minimum absolute atomic E-state index is 0.0925. The van der Waals surface area contributed by atoms with E-state index in [2.05, 4.69) is 37.9 Å². The van der Waals surface area contributed by atoms with Crippen LogP contribution in [-0.2, 0) is 6.54 Å². The van der Waals surface area contributed by atoms with Crippen molar-refractivity contribution in [2.75, 3.05) is 6.54 Å². The van der Waals surface area contributed by atoms with Crippen molar-refractivity contribution >= 4 is 11.8 Å². The first-order valence-corrected chi connectivity index (χ1v) is 8.32. The first-order chi connectivity index (χ1) is 10.7. The largest absolute Gasteiger partial charge is 0.329 e. The molecule has 6 heteroatoms. The Morgan fingerprint density at radius 2 is 1.96 bits per heavy atom. The van der Waals surface area contributed by atoms with Crippen LogP contribution in [0.25, 0.3) is 0 Å². The quantitative estimate of drug-likeness (QED) is 0.821. The van der Waals surface area contributed by atoms with Gasteiger partial charge in [-0.15, -0.1) is 11.8 Å². The molecule has 1 aromatic carbocycles. The highest BCUT2D eigenvalue weighted by Gasteiger charge is 2.21. The SMILES string of the molecule is Cc1cc(C)c(SC(C)(C)CN)c(Cn2ccc(=O)[nH]c2=O)c1. The fraction of sp³-hybridized carbons (Fsp3) is 0.412. The number of hydrogen-bond acceptors (Lipinski definition) is 4. The zero-order valence-corrected chi connectivity index (χ0v) is 14.8. The maximum Gasteiger partial charge on any atom is 0.328 e.